The second kappa shape index (κ2) is 10.7. The van der Waals surface area contributed by atoms with Crippen molar-refractivity contribution >= 4 is 34.7 Å². The first-order valence-electron chi connectivity index (χ1n) is 11.6. The number of hydrogen-bond acceptors (Lipinski definition) is 5. The summed E-state index contributed by atoms with van der Waals surface area (Å²) in [7, 11) is 0. The molecule has 1 aliphatic rings. The number of aryl methyl sites for hydroxylation is 1. The summed E-state index contributed by atoms with van der Waals surface area (Å²) in [6.45, 7) is 4.56. The van der Waals surface area contributed by atoms with Gasteiger partial charge in [-0.15, -0.1) is 0 Å². The van der Waals surface area contributed by atoms with E-state index in [4.69, 9.17) is 16.3 Å². The minimum atomic E-state index is -0.888. The van der Waals surface area contributed by atoms with E-state index in [0.29, 0.717) is 34.3 Å². The molecule has 4 rings (SSSR count). The lowest BCUT2D eigenvalue weighted by Crippen LogP contribution is -2.30. The monoisotopic (exact) mass is 490 g/mol. The third-order valence-corrected chi connectivity index (χ3v) is 6.21. The van der Waals surface area contributed by atoms with Crippen molar-refractivity contribution in [2.75, 3.05) is 11.5 Å². The SMILES string of the molecule is CCCCCOc1ccc(/C(O)=C2\C(=O)C(=O)N(c3ccc(Cl)cc3C)C2c2ccccn2)cc1. The standard InChI is InChI=1S/C28H27ClN2O4/c1-3-4-7-16-35-21-12-9-19(10-13-21)26(32)24-25(22-8-5-6-15-30-22)31(28(34)27(24)33)23-14-11-20(29)17-18(23)2/h5-6,8-15,17,25,32H,3-4,7,16H2,1-2H3/b26-24+. The summed E-state index contributed by atoms with van der Waals surface area (Å²) in [4.78, 5) is 32.3. The van der Waals surface area contributed by atoms with Gasteiger partial charge in [0.25, 0.3) is 11.7 Å². The maximum Gasteiger partial charge on any atom is 0.300 e. The number of hydrogen-bond donors (Lipinski definition) is 1. The molecule has 1 amide bonds. The summed E-state index contributed by atoms with van der Waals surface area (Å²) in [5.41, 5.74) is 2.13. The van der Waals surface area contributed by atoms with Gasteiger partial charge < -0.3 is 9.84 Å². The van der Waals surface area contributed by atoms with Gasteiger partial charge in [0.2, 0.25) is 0 Å². The highest BCUT2D eigenvalue weighted by Crippen LogP contribution is 2.42. The molecule has 1 aliphatic heterocycles. The molecule has 7 heteroatoms. The molecule has 1 N–H and O–H groups in total. The fourth-order valence-corrected chi connectivity index (χ4v) is 4.42. The van der Waals surface area contributed by atoms with E-state index in [9.17, 15) is 14.7 Å². The van der Waals surface area contributed by atoms with E-state index < -0.39 is 17.7 Å². The van der Waals surface area contributed by atoms with Gasteiger partial charge >= 0.3 is 0 Å². The summed E-state index contributed by atoms with van der Waals surface area (Å²) < 4.78 is 5.75. The van der Waals surface area contributed by atoms with Crippen molar-refractivity contribution in [2.45, 2.75) is 39.2 Å². The lowest BCUT2D eigenvalue weighted by Gasteiger charge is -2.26. The number of carbonyl (C=O) groups excluding carboxylic acids is 2. The fraction of sp³-hybridized carbons (Fsp3) is 0.250. The predicted octanol–water partition coefficient (Wildman–Crippen LogP) is 6.24. The molecule has 1 fully saturated rings. The molecule has 0 radical (unpaired) electrons. The van der Waals surface area contributed by atoms with Crippen molar-refractivity contribution in [2.24, 2.45) is 0 Å². The average molecular weight is 491 g/mol. The van der Waals surface area contributed by atoms with Gasteiger partial charge in [-0.2, -0.15) is 0 Å². The summed E-state index contributed by atoms with van der Waals surface area (Å²) in [5.74, 6) is -1.09. The molecular weight excluding hydrogens is 464 g/mol. The van der Waals surface area contributed by atoms with E-state index in [1.165, 1.54) is 4.90 Å². The molecule has 0 bridgehead atoms. The van der Waals surface area contributed by atoms with Crippen LogP contribution in [0.5, 0.6) is 5.75 Å². The van der Waals surface area contributed by atoms with E-state index in [-0.39, 0.29) is 11.3 Å². The lowest BCUT2D eigenvalue weighted by atomic mass is 9.98. The minimum absolute atomic E-state index is 0.0142. The van der Waals surface area contributed by atoms with Crippen LogP contribution in [0.2, 0.25) is 5.02 Å². The lowest BCUT2D eigenvalue weighted by molar-refractivity contribution is -0.132. The number of Topliss-reactive ketones (excluding diaryl/α,β-unsaturated/α-hetero) is 1. The largest absolute Gasteiger partial charge is 0.507 e. The maximum absolute atomic E-state index is 13.2. The molecular formula is C28H27ClN2O4. The third kappa shape index (κ3) is 5.08. The van der Waals surface area contributed by atoms with Crippen molar-refractivity contribution in [3.63, 3.8) is 0 Å². The van der Waals surface area contributed by atoms with Crippen LogP contribution in [0, 0.1) is 6.92 Å². The minimum Gasteiger partial charge on any atom is -0.507 e. The number of unbranched alkanes of at least 4 members (excludes halogenated alkanes) is 2. The van der Waals surface area contributed by atoms with E-state index in [2.05, 4.69) is 11.9 Å². The number of aliphatic hydroxyl groups is 1. The quantitative estimate of drug-likeness (QED) is 0.175. The Labute approximate surface area is 209 Å². The number of ether oxygens (including phenoxy) is 1. The zero-order valence-corrected chi connectivity index (χ0v) is 20.5. The van der Waals surface area contributed by atoms with Crippen molar-refractivity contribution in [1.29, 1.82) is 0 Å². The molecule has 1 saturated heterocycles. The Hall–Kier alpha value is -3.64. The van der Waals surface area contributed by atoms with Crippen LogP contribution in [-0.2, 0) is 9.59 Å². The Morgan fingerprint density at radius 1 is 1.09 bits per heavy atom. The first-order chi connectivity index (χ1) is 16.9. The Morgan fingerprint density at radius 2 is 1.86 bits per heavy atom. The molecule has 0 aliphatic carbocycles. The van der Waals surface area contributed by atoms with Gasteiger partial charge in [-0.25, -0.2) is 0 Å². The first-order valence-corrected chi connectivity index (χ1v) is 12.0. The van der Waals surface area contributed by atoms with Crippen LogP contribution in [-0.4, -0.2) is 28.4 Å². The number of ketones is 1. The number of carbonyl (C=O) groups is 2. The van der Waals surface area contributed by atoms with Crippen LogP contribution in [0.4, 0.5) is 5.69 Å². The Kier molecular flexibility index (Phi) is 7.51. The highest BCUT2D eigenvalue weighted by atomic mass is 35.5. The van der Waals surface area contributed by atoms with Gasteiger partial charge in [0.05, 0.1) is 17.9 Å². The van der Waals surface area contributed by atoms with Gasteiger partial charge in [0, 0.05) is 22.5 Å². The summed E-state index contributed by atoms with van der Waals surface area (Å²) >= 11 is 6.12. The molecule has 2 aromatic carbocycles. The van der Waals surface area contributed by atoms with Crippen molar-refractivity contribution < 1.29 is 19.4 Å². The van der Waals surface area contributed by atoms with E-state index >= 15 is 0 Å². The average Bonchev–Trinajstić information content (AvgIpc) is 3.13. The number of rotatable bonds is 8. The number of amides is 1. The number of aliphatic hydroxyl groups excluding tert-OH is 1. The highest BCUT2D eigenvalue weighted by Gasteiger charge is 2.48. The van der Waals surface area contributed by atoms with Crippen LogP contribution in [0.3, 0.4) is 0 Å². The number of pyridine rings is 1. The van der Waals surface area contributed by atoms with Crippen molar-refractivity contribution in [3.05, 3.63) is 94.3 Å². The second-order valence-electron chi connectivity index (χ2n) is 8.43. The molecule has 35 heavy (non-hydrogen) atoms. The van der Waals surface area contributed by atoms with Gasteiger partial charge in [-0.1, -0.05) is 37.4 Å². The molecule has 1 atom stereocenters. The van der Waals surface area contributed by atoms with Crippen LogP contribution >= 0.6 is 11.6 Å². The zero-order valence-electron chi connectivity index (χ0n) is 19.7. The van der Waals surface area contributed by atoms with Gasteiger partial charge in [-0.05, 0) is 73.5 Å². The molecule has 1 aromatic heterocycles. The molecule has 6 nitrogen and oxygen atoms in total. The van der Waals surface area contributed by atoms with E-state index in [1.54, 1.807) is 66.9 Å². The summed E-state index contributed by atoms with van der Waals surface area (Å²) in [6, 6.07) is 16.3. The smallest absolute Gasteiger partial charge is 0.300 e. The Balaban J connectivity index is 1.76. The van der Waals surface area contributed by atoms with Crippen LogP contribution < -0.4 is 9.64 Å². The van der Waals surface area contributed by atoms with Crippen LogP contribution in [0.15, 0.2) is 72.4 Å². The Bertz CT molecular complexity index is 1260. The zero-order chi connectivity index (χ0) is 24.9. The highest BCUT2D eigenvalue weighted by molar-refractivity contribution is 6.51. The van der Waals surface area contributed by atoms with Crippen LogP contribution in [0.1, 0.15) is 49.0 Å². The summed E-state index contributed by atoms with van der Waals surface area (Å²) in [5, 5.41) is 11.8. The van der Waals surface area contributed by atoms with Crippen molar-refractivity contribution in [3.8, 4) is 5.75 Å². The third-order valence-electron chi connectivity index (χ3n) is 5.98. The topological polar surface area (TPSA) is 79.7 Å². The molecule has 1 unspecified atom stereocenters. The number of nitrogens with zero attached hydrogens (tertiary/aromatic N) is 2. The van der Waals surface area contributed by atoms with Gasteiger partial charge in [-0.3, -0.25) is 19.5 Å². The normalized spacial score (nSPS) is 17.1. The molecule has 0 spiro atoms. The van der Waals surface area contributed by atoms with E-state index in [1.807, 2.05) is 6.92 Å². The molecule has 3 aromatic rings. The van der Waals surface area contributed by atoms with Gasteiger partial charge in [0.1, 0.15) is 17.6 Å². The summed E-state index contributed by atoms with van der Waals surface area (Å²) in [6.07, 6.45) is 4.77. The number of halogens is 1. The van der Waals surface area contributed by atoms with E-state index in [0.717, 1.165) is 24.8 Å². The van der Waals surface area contributed by atoms with Crippen molar-refractivity contribution in [1.82, 2.24) is 4.98 Å². The molecule has 180 valence electrons. The second-order valence-corrected chi connectivity index (χ2v) is 8.87. The number of aromatic nitrogens is 1. The first kappa shape index (κ1) is 24.5. The molecule has 2 heterocycles. The number of anilines is 1. The predicted molar refractivity (Wildman–Crippen MR) is 137 cm³/mol. The van der Waals surface area contributed by atoms with Gasteiger partial charge in [0.15, 0.2) is 0 Å². The number of benzene rings is 2. The maximum atomic E-state index is 13.2. The molecule has 0 saturated carbocycles. The fourth-order valence-electron chi connectivity index (χ4n) is 4.19. The van der Waals surface area contributed by atoms with Crippen LogP contribution in [0.25, 0.3) is 5.76 Å². The Morgan fingerprint density at radius 3 is 2.51 bits per heavy atom.